The smallest absolute Gasteiger partial charge is 0.237 e. The topological polar surface area (TPSA) is 74.2 Å². The van der Waals surface area contributed by atoms with Crippen LogP contribution in [0.4, 0.5) is 5.82 Å². The third-order valence-electron chi connectivity index (χ3n) is 4.45. The maximum absolute atomic E-state index is 10.1. The van der Waals surface area contributed by atoms with Crippen molar-refractivity contribution in [1.82, 2.24) is 15.0 Å². The second-order valence-electron chi connectivity index (χ2n) is 5.93. The lowest BCUT2D eigenvalue weighted by Gasteiger charge is -2.18. The number of aromatic amines is 1. The molecule has 1 aliphatic carbocycles. The summed E-state index contributed by atoms with van der Waals surface area (Å²) in [7, 11) is 0. The van der Waals surface area contributed by atoms with Crippen molar-refractivity contribution in [1.29, 1.82) is 0 Å². The van der Waals surface area contributed by atoms with Gasteiger partial charge in [0, 0.05) is 29.5 Å². The van der Waals surface area contributed by atoms with Gasteiger partial charge in [-0.2, -0.15) is 4.98 Å². The number of pyridine rings is 1. The van der Waals surface area contributed by atoms with Gasteiger partial charge in [0.15, 0.2) is 5.82 Å². The molecule has 0 saturated heterocycles. The van der Waals surface area contributed by atoms with Gasteiger partial charge in [0.2, 0.25) is 5.88 Å². The normalized spacial score (nSPS) is 19.7. The van der Waals surface area contributed by atoms with E-state index in [1.165, 1.54) is 19.3 Å². The molecule has 0 spiro atoms. The van der Waals surface area contributed by atoms with E-state index in [1.807, 2.05) is 18.2 Å². The van der Waals surface area contributed by atoms with Crippen molar-refractivity contribution in [2.75, 3.05) is 0 Å². The van der Waals surface area contributed by atoms with Gasteiger partial charge < -0.3 is 10.1 Å². The number of rotatable bonds is 2. The molecule has 0 atom stereocenters. The monoisotopic (exact) mass is 294 g/mol. The molecule has 112 valence electrons. The Labute approximate surface area is 128 Å². The van der Waals surface area contributed by atoms with Crippen molar-refractivity contribution < 1.29 is 5.11 Å². The molecule has 2 aromatic rings. The molecule has 1 aliphatic heterocycles. The molecule has 2 aromatic heterocycles. The molecule has 0 amide bonds. The number of aliphatic imine (C=N–C) groups is 1. The molecule has 1 fully saturated rings. The van der Waals surface area contributed by atoms with Crippen molar-refractivity contribution in [2.24, 2.45) is 4.99 Å². The van der Waals surface area contributed by atoms with Crippen molar-refractivity contribution >= 4 is 23.7 Å². The Morgan fingerprint density at radius 2 is 2.09 bits per heavy atom. The molecular weight excluding hydrogens is 276 g/mol. The van der Waals surface area contributed by atoms with Gasteiger partial charge in [-0.1, -0.05) is 19.3 Å². The van der Waals surface area contributed by atoms with Crippen LogP contribution in [0.3, 0.4) is 0 Å². The Balaban J connectivity index is 1.65. The quantitative estimate of drug-likeness (QED) is 0.884. The van der Waals surface area contributed by atoms with Crippen molar-refractivity contribution in [3.8, 4) is 5.88 Å². The van der Waals surface area contributed by atoms with Crippen LogP contribution in [0.5, 0.6) is 5.88 Å². The summed E-state index contributed by atoms with van der Waals surface area (Å²) in [5.41, 5.74) is 2.58. The minimum atomic E-state index is 0.0683. The standard InChI is InChI=1S/C17H18N4O/c22-17-14(20-15(21-17)11-5-2-1-3-6-11)9-12-10-19-16-13(12)7-4-8-18-16/h4,7-11,22H,1-3,5-6H2,(H,20,21). The SMILES string of the molecule is Oc1nc(C2CCCCC2)[nH]c1C=C1C=Nc2ncccc21. The summed E-state index contributed by atoms with van der Waals surface area (Å²) in [6, 6.07) is 3.87. The number of aromatic nitrogens is 3. The number of H-pyrrole nitrogens is 1. The van der Waals surface area contributed by atoms with E-state index in [1.54, 1.807) is 12.4 Å². The summed E-state index contributed by atoms with van der Waals surface area (Å²) in [6.45, 7) is 0. The molecule has 2 N–H and O–H groups in total. The Morgan fingerprint density at radius 1 is 1.23 bits per heavy atom. The minimum Gasteiger partial charge on any atom is -0.492 e. The van der Waals surface area contributed by atoms with Gasteiger partial charge in [0.25, 0.3) is 0 Å². The Morgan fingerprint density at radius 3 is 2.95 bits per heavy atom. The van der Waals surface area contributed by atoms with Gasteiger partial charge in [-0.05, 0) is 31.1 Å². The highest BCUT2D eigenvalue weighted by Gasteiger charge is 2.21. The van der Waals surface area contributed by atoms with Crippen LogP contribution in [0.15, 0.2) is 23.3 Å². The summed E-state index contributed by atoms with van der Waals surface area (Å²) in [4.78, 5) is 16.1. The first-order valence-corrected chi connectivity index (χ1v) is 7.81. The molecule has 5 nitrogen and oxygen atoms in total. The summed E-state index contributed by atoms with van der Waals surface area (Å²) in [5, 5.41) is 10.1. The van der Waals surface area contributed by atoms with Crippen LogP contribution >= 0.6 is 0 Å². The van der Waals surface area contributed by atoms with Gasteiger partial charge in [0.05, 0.1) is 0 Å². The molecule has 2 aliphatic rings. The predicted molar refractivity (Wildman–Crippen MR) is 86.3 cm³/mol. The van der Waals surface area contributed by atoms with Gasteiger partial charge in [-0.3, -0.25) is 0 Å². The Kier molecular flexibility index (Phi) is 3.25. The first-order chi connectivity index (χ1) is 10.8. The summed E-state index contributed by atoms with van der Waals surface area (Å²) in [6.07, 6.45) is 11.5. The number of fused-ring (bicyclic) bond motifs is 1. The van der Waals surface area contributed by atoms with Gasteiger partial charge in [-0.15, -0.1) is 0 Å². The Hall–Kier alpha value is -2.43. The zero-order valence-corrected chi connectivity index (χ0v) is 12.3. The maximum Gasteiger partial charge on any atom is 0.237 e. The second-order valence-corrected chi connectivity index (χ2v) is 5.93. The molecule has 22 heavy (non-hydrogen) atoms. The van der Waals surface area contributed by atoms with Gasteiger partial charge in [0.1, 0.15) is 11.5 Å². The van der Waals surface area contributed by atoms with Crippen LogP contribution < -0.4 is 0 Å². The number of imidazole rings is 1. The summed E-state index contributed by atoms with van der Waals surface area (Å²) >= 11 is 0. The molecular formula is C17H18N4O. The number of nitrogens with one attached hydrogen (secondary N) is 1. The van der Waals surface area contributed by atoms with E-state index in [0.29, 0.717) is 11.6 Å². The number of nitrogens with zero attached hydrogens (tertiary/aromatic N) is 3. The number of hydrogen-bond donors (Lipinski definition) is 2. The number of aromatic hydroxyl groups is 1. The van der Waals surface area contributed by atoms with E-state index < -0.39 is 0 Å². The second kappa shape index (κ2) is 5.40. The van der Waals surface area contributed by atoms with Crippen molar-refractivity contribution in [3.63, 3.8) is 0 Å². The minimum absolute atomic E-state index is 0.0683. The van der Waals surface area contributed by atoms with E-state index in [4.69, 9.17) is 0 Å². The van der Waals surface area contributed by atoms with Crippen LogP contribution in [0.25, 0.3) is 11.6 Å². The van der Waals surface area contributed by atoms with Crippen LogP contribution in [-0.4, -0.2) is 26.3 Å². The molecule has 0 unspecified atom stereocenters. The highest BCUT2D eigenvalue weighted by molar-refractivity contribution is 6.20. The fraction of sp³-hybridized carbons (Fsp3) is 0.353. The lowest BCUT2D eigenvalue weighted by Crippen LogP contribution is -2.06. The van der Waals surface area contributed by atoms with E-state index >= 15 is 0 Å². The summed E-state index contributed by atoms with van der Waals surface area (Å²) in [5.74, 6) is 2.14. The van der Waals surface area contributed by atoms with Crippen molar-refractivity contribution in [3.05, 3.63) is 35.4 Å². The van der Waals surface area contributed by atoms with E-state index in [-0.39, 0.29) is 5.88 Å². The zero-order valence-electron chi connectivity index (χ0n) is 12.3. The zero-order chi connectivity index (χ0) is 14.9. The average molecular weight is 294 g/mol. The predicted octanol–water partition coefficient (Wildman–Crippen LogP) is 3.81. The van der Waals surface area contributed by atoms with Crippen LogP contribution in [0.2, 0.25) is 0 Å². The first kappa shape index (κ1) is 13.2. The lowest BCUT2D eigenvalue weighted by molar-refractivity contribution is 0.422. The van der Waals surface area contributed by atoms with Gasteiger partial charge >= 0.3 is 0 Å². The molecule has 5 heteroatoms. The van der Waals surface area contributed by atoms with E-state index in [2.05, 4.69) is 19.9 Å². The molecule has 4 rings (SSSR count). The first-order valence-electron chi connectivity index (χ1n) is 7.81. The van der Waals surface area contributed by atoms with Crippen LogP contribution in [0, 0.1) is 0 Å². The summed E-state index contributed by atoms with van der Waals surface area (Å²) < 4.78 is 0. The lowest BCUT2D eigenvalue weighted by atomic mass is 9.89. The highest BCUT2D eigenvalue weighted by atomic mass is 16.3. The average Bonchev–Trinajstić information content (AvgIpc) is 3.13. The molecule has 3 heterocycles. The maximum atomic E-state index is 10.1. The third kappa shape index (κ3) is 2.32. The third-order valence-corrected chi connectivity index (χ3v) is 4.45. The highest BCUT2D eigenvalue weighted by Crippen LogP contribution is 2.35. The van der Waals surface area contributed by atoms with Crippen LogP contribution in [-0.2, 0) is 0 Å². The fourth-order valence-corrected chi connectivity index (χ4v) is 3.26. The molecule has 1 saturated carbocycles. The van der Waals surface area contributed by atoms with Gasteiger partial charge in [-0.25, -0.2) is 9.98 Å². The van der Waals surface area contributed by atoms with E-state index in [9.17, 15) is 5.11 Å². The number of allylic oxidation sites excluding steroid dienone is 1. The molecule has 0 aromatic carbocycles. The van der Waals surface area contributed by atoms with Crippen LogP contribution in [0.1, 0.15) is 55.1 Å². The fourth-order valence-electron chi connectivity index (χ4n) is 3.26. The molecule has 0 bridgehead atoms. The van der Waals surface area contributed by atoms with Crippen molar-refractivity contribution in [2.45, 2.75) is 38.0 Å². The Bertz CT molecular complexity index is 754. The molecule has 0 radical (unpaired) electrons. The number of hydrogen-bond acceptors (Lipinski definition) is 4. The van der Waals surface area contributed by atoms with E-state index in [0.717, 1.165) is 35.6 Å². The largest absolute Gasteiger partial charge is 0.492 e.